The molecule has 0 saturated heterocycles. The summed E-state index contributed by atoms with van der Waals surface area (Å²) in [5.41, 5.74) is 1.06. The third-order valence-corrected chi connectivity index (χ3v) is 3.54. The number of hydrogen-bond acceptors (Lipinski definition) is 3. The van der Waals surface area contributed by atoms with Crippen molar-refractivity contribution >= 4 is 17.4 Å². The summed E-state index contributed by atoms with van der Waals surface area (Å²) in [5.74, 6) is -0.772. The maximum Gasteiger partial charge on any atom is 0.406 e. The predicted molar refractivity (Wildman–Crippen MR) is 87.4 cm³/mol. The highest BCUT2D eigenvalue weighted by atomic mass is 19.4. The molecule has 1 heterocycles. The number of pyridine rings is 1. The molecular weight excluding hydrogens is 319 g/mol. The van der Waals surface area contributed by atoms with E-state index in [0.29, 0.717) is 4.90 Å². The van der Waals surface area contributed by atoms with E-state index >= 15 is 0 Å². The highest BCUT2D eigenvalue weighted by Crippen LogP contribution is 2.23. The molecule has 2 rings (SSSR count). The van der Waals surface area contributed by atoms with Crippen molar-refractivity contribution < 1.29 is 18.0 Å². The van der Waals surface area contributed by atoms with Crippen LogP contribution in [-0.4, -0.2) is 37.2 Å². The van der Waals surface area contributed by atoms with E-state index in [4.69, 9.17) is 0 Å². The van der Waals surface area contributed by atoms with Crippen LogP contribution in [0.25, 0.3) is 0 Å². The summed E-state index contributed by atoms with van der Waals surface area (Å²) >= 11 is 0. The zero-order chi connectivity index (χ0) is 17.7. The Morgan fingerprint density at radius 2 is 1.79 bits per heavy atom. The number of alkyl halides is 3. The average Bonchev–Trinajstić information content (AvgIpc) is 2.58. The molecule has 1 aromatic heterocycles. The van der Waals surface area contributed by atoms with Gasteiger partial charge >= 0.3 is 6.18 Å². The molecule has 0 N–H and O–H groups in total. The quantitative estimate of drug-likeness (QED) is 0.834. The number of anilines is 2. The van der Waals surface area contributed by atoms with Gasteiger partial charge in [0.05, 0.1) is 0 Å². The molecule has 0 aliphatic heterocycles. The lowest BCUT2D eigenvalue weighted by atomic mass is 10.1. The summed E-state index contributed by atoms with van der Waals surface area (Å²) in [5, 5.41) is 0. The molecule has 0 spiro atoms. The first-order chi connectivity index (χ1) is 11.3. The van der Waals surface area contributed by atoms with E-state index in [9.17, 15) is 18.0 Å². The van der Waals surface area contributed by atoms with Crippen LogP contribution < -0.4 is 9.80 Å². The number of hydrogen-bond donors (Lipinski definition) is 0. The van der Waals surface area contributed by atoms with E-state index in [0.717, 1.165) is 12.2 Å². The van der Waals surface area contributed by atoms with Gasteiger partial charge in [-0.25, -0.2) is 4.98 Å². The Bertz CT molecular complexity index is 672. The second-order valence-electron chi connectivity index (χ2n) is 5.26. The molecule has 0 saturated carbocycles. The van der Waals surface area contributed by atoms with Crippen LogP contribution in [0.4, 0.5) is 24.7 Å². The number of halogens is 3. The van der Waals surface area contributed by atoms with Crippen molar-refractivity contribution in [3.8, 4) is 0 Å². The number of nitrogens with zero attached hydrogens (tertiary/aromatic N) is 3. The molecule has 0 radical (unpaired) electrons. The fourth-order valence-electron chi connectivity index (χ4n) is 2.15. The molecular formula is C17H18F3N3O. The van der Waals surface area contributed by atoms with E-state index in [1.807, 2.05) is 18.9 Å². The molecule has 1 aromatic carbocycles. The smallest absolute Gasteiger partial charge is 0.375 e. The fourth-order valence-corrected chi connectivity index (χ4v) is 2.15. The van der Waals surface area contributed by atoms with Crippen molar-refractivity contribution in [1.82, 2.24) is 4.98 Å². The van der Waals surface area contributed by atoms with Gasteiger partial charge in [0, 0.05) is 31.0 Å². The van der Waals surface area contributed by atoms with E-state index in [1.165, 1.54) is 30.5 Å². The SMILES string of the molecule is CCN(C)c1ccc(C(=O)N(CC(F)(F)F)c2ccccn2)cc1. The first kappa shape index (κ1) is 17.8. The van der Waals surface area contributed by atoms with Gasteiger partial charge in [-0.05, 0) is 43.3 Å². The van der Waals surface area contributed by atoms with Crippen LogP contribution in [0.3, 0.4) is 0 Å². The van der Waals surface area contributed by atoms with Crippen molar-refractivity contribution in [3.63, 3.8) is 0 Å². The molecule has 0 aliphatic carbocycles. The van der Waals surface area contributed by atoms with Gasteiger partial charge < -0.3 is 4.90 Å². The number of benzene rings is 1. The van der Waals surface area contributed by atoms with E-state index in [-0.39, 0.29) is 11.4 Å². The summed E-state index contributed by atoms with van der Waals surface area (Å²) < 4.78 is 38.6. The van der Waals surface area contributed by atoms with Crippen LogP contribution >= 0.6 is 0 Å². The monoisotopic (exact) mass is 337 g/mol. The fraction of sp³-hybridized carbons (Fsp3) is 0.294. The van der Waals surface area contributed by atoms with Crippen LogP contribution in [0.15, 0.2) is 48.7 Å². The Kier molecular flexibility index (Phi) is 5.43. The molecule has 1 amide bonds. The minimum atomic E-state index is -4.52. The Balaban J connectivity index is 2.30. The van der Waals surface area contributed by atoms with E-state index < -0.39 is 18.6 Å². The van der Waals surface area contributed by atoms with E-state index in [2.05, 4.69) is 4.98 Å². The topological polar surface area (TPSA) is 36.4 Å². The van der Waals surface area contributed by atoms with Gasteiger partial charge in [0.1, 0.15) is 12.4 Å². The number of aromatic nitrogens is 1. The lowest BCUT2D eigenvalue weighted by molar-refractivity contribution is -0.118. The number of amides is 1. The molecule has 0 fully saturated rings. The summed E-state index contributed by atoms with van der Waals surface area (Å²) in [7, 11) is 1.89. The third kappa shape index (κ3) is 4.47. The minimum Gasteiger partial charge on any atom is -0.375 e. The Morgan fingerprint density at radius 1 is 1.12 bits per heavy atom. The van der Waals surface area contributed by atoms with Crippen LogP contribution in [0, 0.1) is 0 Å². The largest absolute Gasteiger partial charge is 0.406 e. The second-order valence-corrected chi connectivity index (χ2v) is 5.26. The summed E-state index contributed by atoms with van der Waals surface area (Å²) in [6.45, 7) is 1.37. The lowest BCUT2D eigenvalue weighted by Gasteiger charge is -2.23. The molecule has 4 nitrogen and oxygen atoms in total. The van der Waals surface area contributed by atoms with Gasteiger partial charge in [-0.2, -0.15) is 13.2 Å². The molecule has 2 aromatic rings. The molecule has 24 heavy (non-hydrogen) atoms. The summed E-state index contributed by atoms with van der Waals surface area (Å²) in [6, 6.07) is 11.0. The molecule has 0 aliphatic rings. The Hall–Kier alpha value is -2.57. The summed E-state index contributed by atoms with van der Waals surface area (Å²) in [6.07, 6.45) is -3.17. The maximum absolute atomic E-state index is 12.9. The summed E-state index contributed by atoms with van der Waals surface area (Å²) in [4.78, 5) is 19.0. The molecule has 128 valence electrons. The highest BCUT2D eigenvalue weighted by molar-refractivity contribution is 6.05. The third-order valence-electron chi connectivity index (χ3n) is 3.54. The van der Waals surface area contributed by atoms with Crippen molar-refractivity contribution in [2.24, 2.45) is 0 Å². The molecule has 0 unspecified atom stereocenters. The van der Waals surface area contributed by atoms with Gasteiger partial charge in [-0.3, -0.25) is 9.69 Å². The van der Waals surface area contributed by atoms with Crippen molar-refractivity contribution in [2.45, 2.75) is 13.1 Å². The van der Waals surface area contributed by atoms with Crippen LogP contribution in [-0.2, 0) is 0 Å². The number of carbonyl (C=O) groups is 1. The Morgan fingerprint density at radius 3 is 2.29 bits per heavy atom. The van der Waals surface area contributed by atoms with Crippen molar-refractivity contribution in [1.29, 1.82) is 0 Å². The van der Waals surface area contributed by atoms with Gasteiger partial charge in [-0.1, -0.05) is 6.07 Å². The standard InChI is InChI=1S/C17H18F3N3O/c1-3-22(2)14-9-7-13(8-10-14)16(24)23(12-17(18,19)20)15-6-4-5-11-21-15/h4-11H,3,12H2,1-2H3. The maximum atomic E-state index is 12.9. The average molecular weight is 337 g/mol. The van der Waals surface area contributed by atoms with Crippen molar-refractivity contribution in [3.05, 3.63) is 54.2 Å². The lowest BCUT2D eigenvalue weighted by Crippen LogP contribution is -2.39. The first-order valence-electron chi connectivity index (χ1n) is 7.42. The predicted octanol–water partition coefficient (Wildman–Crippen LogP) is 3.75. The van der Waals surface area contributed by atoms with Gasteiger partial charge in [0.15, 0.2) is 0 Å². The van der Waals surface area contributed by atoms with Gasteiger partial charge in [0.2, 0.25) is 0 Å². The van der Waals surface area contributed by atoms with E-state index in [1.54, 1.807) is 18.2 Å². The highest BCUT2D eigenvalue weighted by Gasteiger charge is 2.34. The normalized spacial score (nSPS) is 11.2. The van der Waals surface area contributed by atoms with Crippen LogP contribution in [0.1, 0.15) is 17.3 Å². The van der Waals surface area contributed by atoms with Gasteiger partial charge in [0.25, 0.3) is 5.91 Å². The van der Waals surface area contributed by atoms with Crippen LogP contribution in [0.5, 0.6) is 0 Å². The Labute approximate surface area is 138 Å². The van der Waals surface area contributed by atoms with Crippen LogP contribution in [0.2, 0.25) is 0 Å². The number of carbonyl (C=O) groups excluding carboxylic acids is 1. The zero-order valence-corrected chi connectivity index (χ0v) is 13.4. The van der Waals surface area contributed by atoms with Crippen molar-refractivity contribution in [2.75, 3.05) is 29.9 Å². The number of rotatable bonds is 5. The zero-order valence-electron chi connectivity index (χ0n) is 13.4. The first-order valence-corrected chi connectivity index (χ1v) is 7.42. The molecule has 7 heteroatoms. The second kappa shape index (κ2) is 7.33. The molecule has 0 atom stereocenters. The minimum absolute atomic E-state index is 0.0328. The van der Waals surface area contributed by atoms with Gasteiger partial charge in [-0.15, -0.1) is 0 Å². The molecule has 0 bridgehead atoms.